The quantitative estimate of drug-likeness (QED) is 0.814. The first-order valence-corrected chi connectivity index (χ1v) is 9.25. The van der Waals surface area contributed by atoms with Crippen molar-refractivity contribution in [2.75, 3.05) is 19.6 Å². The number of imidazole rings is 1. The molecule has 0 unspecified atom stereocenters. The Kier molecular flexibility index (Phi) is 3.47. The first-order chi connectivity index (χ1) is 11.5. The van der Waals surface area contributed by atoms with Crippen LogP contribution in [0.15, 0.2) is 47.8 Å². The van der Waals surface area contributed by atoms with E-state index in [1.807, 2.05) is 7.05 Å². The highest BCUT2D eigenvalue weighted by Crippen LogP contribution is 2.35. The zero-order chi connectivity index (χ0) is 16.9. The number of benzene rings is 1. The molecule has 0 bridgehead atoms. The van der Waals surface area contributed by atoms with Crippen molar-refractivity contribution in [1.82, 2.24) is 18.8 Å². The molecule has 0 aliphatic carbocycles. The van der Waals surface area contributed by atoms with Crippen LogP contribution in [0.3, 0.4) is 0 Å². The third-order valence-corrected chi connectivity index (χ3v) is 6.62. The van der Waals surface area contributed by atoms with Gasteiger partial charge in [-0.25, -0.2) is 13.4 Å². The molecule has 3 heterocycles. The summed E-state index contributed by atoms with van der Waals surface area (Å²) < 4.78 is 28.6. The summed E-state index contributed by atoms with van der Waals surface area (Å²) >= 11 is 0. The largest absolute Gasteiger partial charge is 0.340 e. The number of carbonyl (C=O) groups is 1. The van der Waals surface area contributed by atoms with Gasteiger partial charge in [0.15, 0.2) is 0 Å². The summed E-state index contributed by atoms with van der Waals surface area (Å²) in [5, 5.41) is 0. The molecule has 0 N–H and O–H groups in total. The van der Waals surface area contributed by atoms with E-state index in [4.69, 9.17) is 0 Å². The van der Waals surface area contributed by atoms with Crippen LogP contribution in [0.25, 0.3) is 0 Å². The van der Waals surface area contributed by atoms with Crippen LogP contribution in [0, 0.1) is 5.92 Å². The third kappa shape index (κ3) is 2.33. The molecule has 2 atom stereocenters. The summed E-state index contributed by atoms with van der Waals surface area (Å²) in [6.45, 7) is 1.40. The Bertz CT molecular complexity index is 878. The maximum atomic E-state index is 12.7. The van der Waals surface area contributed by atoms with E-state index in [2.05, 4.69) is 4.98 Å². The number of sulfonamides is 1. The lowest BCUT2D eigenvalue weighted by Crippen LogP contribution is -2.58. The molecule has 0 saturated carbocycles. The lowest BCUT2D eigenvalue weighted by molar-refractivity contribution is 0.0322. The molecule has 1 aromatic carbocycles. The van der Waals surface area contributed by atoms with Crippen LogP contribution >= 0.6 is 0 Å². The van der Waals surface area contributed by atoms with Gasteiger partial charge in [-0.3, -0.25) is 4.79 Å². The average Bonchev–Trinajstić information content (AvgIpc) is 3.13. The van der Waals surface area contributed by atoms with Gasteiger partial charge in [-0.1, -0.05) is 18.2 Å². The van der Waals surface area contributed by atoms with Gasteiger partial charge >= 0.3 is 0 Å². The van der Waals surface area contributed by atoms with E-state index in [0.29, 0.717) is 30.2 Å². The molecular formula is C16H18N4O3S. The number of fused-ring (bicyclic) bond motifs is 1. The molecule has 1 aromatic heterocycles. The van der Waals surface area contributed by atoms with Crippen LogP contribution in [0.4, 0.5) is 0 Å². The highest BCUT2D eigenvalue weighted by molar-refractivity contribution is 7.89. The van der Waals surface area contributed by atoms with E-state index >= 15 is 0 Å². The maximum Gasteiger partial charge on any atom is 0.274 e. The maximum absolute atomic E-state index is 12.7. The minimum Gasteiger partial charge on any atom is -0.340 e. The number of aryl methyl sites for hydroxylation is 1. The molecule has 0 radical (unpaired) electrons. The summed E-state index contributed by atoms with van der Waals surface area (Å²) in [5.74, 6) is 0.0759. The van der Waals surface area contributed by atoms with Crippen molar-refractivity contribution in [3.8, 4) is 0 Å². The number of nitrogens with zero attached hydrogens (tertiary/aromatic N) is 4. The lowest BCUT2D eigenvalue weighted by Gasteiger charge is -2.43. The van der Waals surface area contributed by atoms with Gasteiger partial charge in [0.2, 0.25) is 10.0 Å². The molecule has 2 saturated heterocycles. The fourth-order valence-electron chi connectivity index (χ4n) is 3.44. The number of amides is 1. The van der Waals surface area contributed by atoms with E-state index in [1.54, 1.807) is 52.3 Å². The van der Waals surface area contributed by atoms with Crippen LogP contribution in [-0.4, -0.2) is 58.8 Å². The van der Waals surface area contributed by atoms with Crippen molar-refractivity contribution in [2.45, 2.75) is 10.9 Å². The Labute approximate surface area is 140 Å². The Morgan fingerprint density at radius 3 is 2.58 bits per heavy atom. The van der Waals surface area contributed by atoms with Crippen molar-refractivity contribution < 1.29 is 13.2 Å². The molecular weight excluding hydrogens is 328 g/mol. The fourth-order valence-corrected chi connectivity index (χ4v) is 4.98. The molecule has 2 aliphatic rings. The average molecular weight is 346 g/mol. The first kappa shape index (κ1) is 15.3. The minimum atomic E-state index is -3.50. The van der Waals surface area contributed by atoms with Crippen LogP contribution in [0.2, 0.25) is 0 Å². The third-order valence-electron chi connectivity index (χ3n) is 4.77. The normalized spacial score (nSPS) is 23.8. The molecule has 2 fully saturated rings. The van der Waals surface area contributed by atoms with Crippen molar-refractivity contribution in [3.63, 3.8) is 0 Å². The summed E-state index contributed by atoms with van der Waals surface area (Å²) in [6, 6.07) is 8.37. The van der Waals surface area contributed by atoms with E-state index < -0.39 is 10.0 Å². The minimum absolute atomic E-state index is 0.0574. The lowest BCUT2D eigenvalue weighted by atomic mass is 9.92. The molecule has 8 heteroatoms. The monoisotopic (exact) mass is 346 g/mol. The van der Waals surface area contributed by atoms with Crippen molar-refractivity contribution >= 4 is 15.9 Å². The number of hydrogen-bond donors (Lipinski definition) is 0. The summed E-state index contributed by atoms with van der Waals surface area (Å²) in [5.41, 5.74) is 0.403. The molecule has 7 nitrogen and oxygen atoms in total. The van der Waals surface area contributed by atoms with Crippen LogP contribution in [0.5, 0.6) is 0 Å². The van der Waals surface area contributed by atoms with E-state index in [9.17, 15) is 13.2 Å². The van der Waals surface area contributed by atoms with Crippen LogP contribution in [0.1, 0.15) is 10.5 Å². The molecule has 0 spiro atoms. The molecule has 4 rings (SSSR count). The Morgan fingerprint density at radius 1 is 1.17 bits per heavy atom. The van der Waals surface area contributed by atoms with Gasteiger partial charge in [-0.05, 0) is 12.1 Å². The van der Waals surface area contributed by atoms with E-state index in [1.165, 1.54) is 4.31 Å². The Balaban J connectivity index is 1.50. The number of likely N-dealkylation sites (tertiary alicyclic amines) is 1. The SMILES string of the molecule is Cn1cnc(C(=O)N2C[C@H]3CN(S(=O)(=O)c4ccccc4)C[C@@H]32)c1. The molecule has 126 valence electrons. The highest BCUT2D eigenvalue weighted by Gasteiger charge is 2.51. The summed E-state index contributed by atoms with van der Waals surface area (Å²) in [6.07, 6.45) is 3.27. The first-order valence-electron chi connectivity index (χ1n) is 7.81. The fraction of sp³-hybridized carbons (Fsp3) is 0.375. The topological polar surface area (TPSA) is 75.5 Å². The second-order valence-electron chi connectivity index (χ2n) is 6.34. The highest BCUT2D eigenvalue weighted by atomic mass is 32.2. The predicted octanol–water partition coefficient (Wildman–Crippen LogP) is 0.565. The Hall–Kier alpha value is -2.19. The van der Waals surface area contributed by atoms with E-state index in [0.717, 1.165) is 0 Å². The number of rotatable bonds is 3. The summed E-state index contributed by atoms with van der Waals surface area (Å²) in [7, 11) is -1.69. The second-order valence-corrected chi connectivity index (χ2v) is 8.28. The zero-order valence-corrected chi connectivity index (χ0v) is 14.1. The molecule has 2 aromatic rings. The Morgan fingerprint density at radius 2 is 1.92 bits per heavy atom. The van der Waals surface area contributed by atoms with Gasteiger partial charge in [-0.15, -0.1) is 0 Å². The smallest absolute Gasteiger partial charge is 0.274 e. The van der Waals surface area contributed by atoms with Crippen LogP contribution in [-0.2, 0) is 17.1 Å². The molecule has 1 amide bonds. The van der Waals surface area contributed by atoms with Gasteiger partial charge in [-0.2, -0.15) is 4.31 Å². The standard InChI is InChI=1S/C16H18N4O3S/c1-18-9-14(17-11-18)16(21)20-8-12-7-19(10-15(12)20)24(22,23)13-5-3-2-4-6-13/h2-6,9,11-12,15H,7-8,10H2,1H3/t12-,15+/m1/s1. The summed E-state index contributed by atoms with van der Waals surface area (Å²) in [4.78, 5) is 18.6. The zero-order valence-electron chi connectivity index (χ0n) is 13.2. The van der Waals surface area contributed by atoms with Gasteiger partial charge in [0.1, 0.15) is 5.69 Å². The van der Waals surface area contributed by atoms with Gasteiger partial charge < -0.3 is 9.47 Å². The van der Waals surface area contributed by atoms with Crippen molar-refractivity contribution in [1.29, 1.82) is 0 Å². The number of hydrogen-bond acceptors (Lipinski definition) is 4. The van der Waals surface area contributed by atoms with Crippen molar-refractivity contribution in [2.24, 2.45) is 13.0 Å². The van der Waals surface area contributed by atoms with Crippen molar-refractivity contribution in [3.05, 3.63) is 48.5 Å². The van der Waals surface area contributed by atoms with Gasteiger partial charge in [0, 0.05) is 38.8 Å². The van der Waals surface area contributed by atoms with Gasteiger partial charge in [0.05, 0.1) is 17.3 Å². The second kappa shape index (κ2) is 5.42. The van der Waals surface area contributed by atoms with Crippen LogP contribution < -0.4 is 0 Å². The molecule has 24 heavy (non-hydrogen) atoms. The van der Waals surface area contributed by atoms with Gasteiger partial charge in [0.25, 0.3) is 5.91 Å². The van der Waals surface area contributed by atoms with E-state index in [-0.39, 0.29) is 17.9 Å². The number of carbonyl (C=O) groups excluding carboxylic acids is 1. The number of aromatic nitrogens is 2. The predicted molar refractivity (Wildman–Crippen MR) is 86.7 cm³/mol. The molecule has 2 aliphatic heterocycles.